The zero-order valence-electron chi connectivity index (χ0n) is 15.5. The van der Waals surface area contributed by atoms with Crippen molar-refractivity contribution < 1.29 is 32.3 Å². The molecule has 2 aliphatic rings. The summed E-state index contributed by atoms with van der Waals surface area (Å²) in [6.07, 6.45) is 0.564. The number of carboxylic acids is 1. The van der Waals surface area contributed by atoms with E-state index in [9.17, 15) is 22.4 Å². The van der Waals surface area contributed by atoms with Crippen molar-refractivity contribution in [3.05, 3.63) is 48.3 Å². The minimum atomic E-state index is -5.08. The summed E-state index contributed by atoms with van der Waals surface area (Å²) in [5.74, 6) is -1.77. The fraction of sp³-hybridized carbons (Fsp3) is 0.389. The average molecular weight is 427 g/mol. The number of carbonyl (C=O) groups excluding carboxylic acids is 1. The van der Waals surface area contributed by atoms with Crippen LogP contribution in [0.2, 0.25) is 0 Å². The molecule has 8 nitrogen and oxygen atoms in total. The molecule has 30 heavy (non-hydrogen) atoms. The fourth-order valence-electron chi connectivity index (χ4n) is 3.46. The Balaban J connectivity index is 0.000000318. The summed E-state index contributed by atoms with van der Waals surface area (Å²) in [7, 11) is 0. The van der Waals surface area contributed by atoms with Crippen molar-refractivity contribution in [3.8, 4) is 0 Å². The van der Waals surface area contributed by atoms with Gasteiger partial charge in [-0.25, -0.2) is 19.2 Å². The zero-order valence-corrected chi connectivity index (χ0v) is 15.5. The Hall–Kier alpha value is -3.31. The van der Waals surface area contributed by atoms with Crippen LogP contribution in [0.15, 0.2) is 36.9 Å². The van der Waals surface area contributed by atoms with Crippen LogP contribution in [0.5, 0.6) is 0 Å². The van der Waals surface area contributed by atoms with Gasteiger partial charge in [0.1, 0.15) is 0 Å². The van der Waals surface area contributed by atoms with Crippen molar-refractivity contribution in [2.24, 2.45) is 11.8 Å². The fourth-order valence-corrected chi connectivity index (χ4v) is 3.46. The van der Waals surface area contributed by atoms with Crippen molar-refractivity contribution in [2.45, 2.75) is 6.18 Å². The molecule has 2 aromatic rings. The van der Waals surface area contributed by atoms with Crippen molar-refractivity contribution >= 4 is 17.8 Å². The summed E-state index contributed by atoms with van der Waals surface area (Å²) in [5, 5.41) is 7.12. The number of rotatable bonds is 2. The largest absolute Gasteiger partial charge is 0.490 e. The summed E-state index contributed by atoms with van der Waals surface area (Å²) in [6, 6.07) is 3.57. The van der Waals surface area contributed by atoms with E-state index in [2.05, 4.69) is 19.9 Å². The van der Waals surface area contributed by atoms with E-state index in [1.54, 1.807) is 24.5 Å². The average Bonchev–Trinajstić information content (AvgIpc) is 3.28. The van der Waals surface area contributed by atoms with Gasteiger partial charge in [-0.15, -0.1) is 0 Å². The smallest absolute Gasteiger partial charge is 0.475 e. The molecule has 2 fully saturated rings. The Morgan fingerprint density at radius 2 is 1.60 bits per heavy atom. The first-order valence-corrected chi connectivity index (χ1v) is 8.87. The molecule has 0 spiro atoms. The molecular weight excluding hydrogens is 410 g/mol. The number of carboxylic acid groups (broad SMARTS) is 1. The topological polar surface area (TPSA) is 99.5 Å². The lowest BCUT2D eigenvalue weighted by Gasteiger charge is -2.21. The van der Waals surface area contributed by atoms with E-state index in [0.717, 1.165) is 26.2 Å². The Bertz CT molecular complexity index is 881. The highest BCUT2D eigenvalue weighted by atomic mass is 19.4. The van der Waals surface area contributed by atoms with Crippen LogP contribution in [0, 0.1) is 17.7 Å². The van der Waals surface area contributed by atoms with Gasteiger partial charge in [-0.05, 0) is 12.1 Å². The number of hydrogen-bond acceptors (Lipinski definition) is 6. The number of hydrogen-bond donors (Lipinski definition) is 1. The molecule has 4 heterocycles. The number of aromatic nitrogens is 3. The van der Waals surface area contributed by atoms with Crippen LogP contribution in [0.4, 0.5) is 23.5 Å². The van der Waals surface area contributed by atoms with Gasteiger partial charge in [0.15, 0.2) is 5.82 Å². The van der Waals surface area contributed by atoms with E-state index in [-0.39, 0.29) is 5.91 Å². The van der Waals surface area contributed by atoms with Crippen LogP contribution in [0.1, 0.15) is 10.4 Å². The molecule has 2 aliphatic heterocycles. The van der Waals surface area contributed by atoms with Gasteiger partial charge < -0.3 is 14.9 Å². The molecule has 2 atom stereocenters. The quantitative estimate of drug-likeness (QED) is 0.731. The number of likely N-dealkylation sites (tertiary alicyclic amines) is 1. The second-order valence-corrected chi connectivity index (χ2v) is 6.88. The number of pyridine rings is 1. The van der Waals surface area contributed by atoms with Crippen LogP contribution < -0.4 is 4.90 Å². The maximum absolute atomic E-state index is 12.9. The number of nitrogens with zero attached hydrogens (tertiary/aromatic N) is 5. The second-order valence-electron chi connectivity index (χ2n) is 6.88. The number of alkyl halides is 3. The highest BCUT2D eigenvalue weighted by Crippen LogP contribution is 2.33. The molecule has 0 saturated carbocycles. The lowest BCUT2D eigenvalue weighted by Crippen LogP contribution is -2.33. The third-order valence-corrected chi connectivity index (χ3v) is 4.81. The minimum Gasteiger partial charge on any atom is -0.475 e. The third-order valence-electron chi connectivity index (χ3n) is 4.81. The van der Waals surface area contributed by atoms with Crippen LogP contribution in [-0.4, -0.2) is 69.2 Å². The molecule has 0 bridgehead atoms. The second kappa shape index (κ2) is 8.59. The molecule has 0 radical (unpaired) electrons. The summed E-state index contributed by atoms with van der Waals surface area (Å²) in [5.41, 5.74) is 0.631. The number of fused-ring (bicyclic) bond motifs is 1. The maximum atomic E-state index is 12.9. The lowest BCUT2D eigenvalue weighted by atomic mass is 10.0. The van der Waals surface area contributed by atoms with Crippen molar-refractivity contribution in [1.29, 1.82) is 0 Å². The Morgan fingerprint density at radius 1 is 1.03 bits per heavy atom. The van der Waals surface area contributed by atoms with Gasteiger partial charge in [0.25, 0.3) is 5.91 Å². The van der Waals surface area contributed by atoms with Crippen LogP contribution in [0.3, 0.4) is 0 Å². The molecule has 1 N–H and O–H groups in total. The van der Waals surface area contributed by atoms with E-state index < -0.39 is 18.0 Å². The molecule has 0 aromatic carbocycles. The summed E-state index contributed by atoms with van der Waals surface area (Å²) in [6.45, 7) is 3.06. The van der Waals surface area contributed by atoms with Crippen molar-refractivity contribution in [3.63, 3.8) is 0 Å². The Morgan fingerprint density at radius 3 is 2.07 bits per heavy atom. The predicted octanol–water partition coefficient (Wildman–Crippen LogP) is 1.85. The number of anilines is 1. The normalized spacial score (nSPS) is 20.4. The van der Waals surface area contributed by atoms with E-state index in [4.69, 9.17) is 9.90 Å². The molecule has 160 valence electrons. The van der Waals surface area contributed by atoms with Gasteiger partial charge >= 0.3 is 12.1 Å². The number of amides is 1. The van der Waals surface area contributed by atoms with Gasteiger partial charge in [-0.1, -0.05) is 0 Å². The van der Waals surface area contributed by atoms with Crippen molar-refractivity contribution in [2.75, 3.05) is 31.1 Å². The van der Waals surface area contributed by atoms with Crippen LogP contribution in [-0.2, 0) is 4.79 Å². The molecule has 4 rings (SSSR count). The van der Waals surface area contributed by atoms with Gasteiger partial charge in [0.05, 0.1) is 18.0 Å². The van der Waals surface area contributed by atoms with E-state index in [1.807, 2.05) is 4.90 Å². The molecule has 0 aliphatic carbocycles. The SMILES string of the molecule is O=C(O)C(F)(F)F.O=C(c1cccnc1)N1C[C@@H]2CN(c3ncc(F)cn3)C[C@@H]2C1. The first-order chi connectivity index (χ1) is 14.1. The number of aliphatic carboxylic acids is 1. The van der Waals surface area contributed by atoms with Crippen LogP contribution in [0.25, 0.3) is 0 Å². The molecular formula is C18H17F4N5O3. The first-order valence-electron chi connectivity index (χ1n) is 8.87. The molecule has 12 heteroatoms. The van der Waals surface area contributed by atoms with Crippen LogP contribution >= 0.6 is 0 Å². The third kappa shape index (κ3) is 4.99. The maximum Gasteiger partial charge on any atom is 0.490 e. The Labute approximate surface area is 168 Å². The molecule has 2 aromatic heterocycles. The highest BCUT2D eigenvalue weighted by molar-refractivity contribution is 5.94. The molecule has 2 saturated heterocycles. The van der Waals surface area contributed by atoms with Gasteiger partial charge in [0, 0.05) is 50.4 Å². The number of halogens is 4. The van der Waals surface area contributed by atoms with Crippen molar-refractivity contribution in [1.82, 2.24) is 19.9 Å². The van der Waals surface area contributed by atoms with Gasteiger partial charge in [-0.3, -0.25) is 9.78 Å². The summed E-state index contributed by atoms with van der Waals surface area (Å²) < 4.78 is 44.6. The standard InChI is InChI=1S/C16H16FN5O.C2HF3O2/c17-14-5-19-16(20-6-14)22-9-12-7-21(8-13(12)10-22)15(23)11-2-1-3-18-4-11;3-2(4,5)1(6)7/h1-6,12-13H,7-10H2;(H,6,7)/t12-,13+;. The summed E-state index contributed by atoms with van der Waals surface area (Å²) in [4.78, 5) is 37.4. The molecule has 1 amide bonds. The monoisotopic (exact) mass is 427 g/mol. The van der Waals surface area contributed by atoms with E-state index >= 15 is 0 Å². The van der Waals surface area contributed by atoms with E-state index in [1.165, 1.54) is 12.4 Å². The minimum absolute atomic E-state index is 0.0390. The zero-order chi connectivity index (χ0) is 21.9. The van der Waals surface area contributed by atoms with Gasteiger partial charge in [0.2, 0.25) is 5.95 Å². The lowest BCUT2D eigenvalue weighted by molar-refractivity contribution is -0.192. The van der Waals surface area contributed by atoms with E-state index in [0.29, 0.717) is 23.3 Å². The first kappa shape index (κ1) is 21.4. The predicted molar refractivity (Wildman–Crippen MR) is 95.0 cm³/mol. The summed E-state index contributed by atoms with van der Waals surface area (Å²) >= 11 is 0. The van der Waals surface area contributed by atoms with Gasteiger partial charge in [-0.2, -0.15) is 13.2 Å². The molecule has 0 unspecified atom stereocenters. The highest BCUT2D eigenvalue weighted by Gasteiger charge is 2.42. The number of carbonyl (C=O) groups is 2. The Kier molecular flexibility index (Phi) is 6.13.